The fraction of sp³-hybridized carbons (Fsp3) is 0.474. The average Bonchev–Trinajstić information content (AvgIpc) is 3.12. The van der Waals surface area contributed by atoms with Crippen LogP contribution in [0.3, 0.4) is 0 Å². The summed E-state index contributed by atoms with van der Waals surface area (Å²) in [5.41, 5.74) is 0.198. The van der Waals surface area contributed by atoms with Gasteiger partial charge in [0.15, 0.2) is 0 Å². The number of benzene rings is 1. The number of ether oxygens (including phenoxy) is 2. The van der Waals surface area contributed by atoms with Crippen molar-refractivity contribution in [2.24, 2.45) is 0 Å². The van der Waals surface area contributed by atoms with Crippen molar-refractivity contribution in [2.45, 2.75) is 38.5 Å². The van der Waals surface area contributed by atoms with Crippen LogP contribution >= 0.6 is 0 Å². The van der Waals surface area contributed by atoms with E-state index in [2.05, 4.69) is 5.10 Å². The second kappa shape index (κ2) is 7.97. The van der Waals surface area contributed by atoms with Gasteiger partial charge in [0.25, 0.3) is 0 Å². The van der Waals surface area contributed by atoms with Gasteiger partial charge >= 0.3 is 11.8 Å². The molecule has 3 rings (SSSR count). The number of nitrogens with zero attached hydrogens (tertiary/aromatic N) is 4. The minimum atomic E-state index is -0.591. The first kappa shape index (κ1) is 19.8. The van der Waals surface area contributed by atoms with E-state index in [4.69, 9.17) is 9.47 Å². The van der Waals surface area contributed by atoms with E-state index in [9.17, 15) is 14.9 Å². The van der Waals surface area contributed by atoms with Gasteiger partial charge in [0.2, 0.25) is 0 Å². The van der Waals surface area contributed by atoms with Gasteiger partial charge in [0, 0.05) is 6.54 Å². The van der Waals surface area contributed by atoms with E-state index in [0.717, 1.165) is 5.56 Å². The van der Waals surface area contributed by atoms with Crippen molar-refractivity contribution in [3.8, 4) is 0 Å². The van der Waals surface area contributed by atoms with Crippen LogP contribution in [0.2, 0.25) is 0 Å². The summed E-state index contributed by atoms with van der Waals surface area (Å²) in [5.74, 6) is 0. The zero-order valence-electron chi connectivity index (χ0n) is 16.1. The first-order valence-corrected chi connectivity index (χ1v) is 9.07. The average molecular weight is 388 g/mol. The number of hydrogen-bond acceptors (Lipinski definition) is 6. The molecule has 28 heavy (non-hydrogen) atoms. The van der Waals surface area contributed by atoms with E-state index in [1.807, 2.05) is 51.1 Å². The third-order valence-corrected chi connectivity index (χ3v) is 4.32. The van der Waals surface area contributed by atoms with Gasteiger partial charge in [-0.15, -0.1) is 0 Å². The Labute approximate surface area is 163 Å². The second-order valence-electron chi connectivity index (χ2n) is 7.63. The minimum Gasteiger partial charge on any atom is -0.444 e. The number of morpholine rings is 1. The van der Waals surface area contributed by atoms with Crippen LogP contribution in [0.4, 0.5) is 10.5 Å². The monoisotopic (exact) mass is 388 g/mol. The number of rotatable bonds is 4. The topological polar surface area (TPSA) is 99.7 Å². The molecule has 1 aromatic heterocycles. The Morgan fingerprint density at radius 2 is 2.07 bits per heavy atom. The van der Waals surface area contributed by atoms with E-state index in [-0.39, 0.29) is 5.69 Å². The summed E-state index contributed by atoms with van der Waals surface area (Å²) in [5, 5.41) is 15.3. The van der Waals surface area contributed by atoms with Gasteiger partial charge in [0.1, 0.15) is 30.1 Å². The maximum absolute atomic E-state index is 12.5. The Morgan fingerprint density at radius 3 is 2.68 bits per heavy atom. The Bertz CT molecular complexity index is 830. The van der Waals surface area contributed by atoms with Gasteiger partial charge in [0.05, 0.1) is 18.1 Å². The number of carbonyl (C=O) groups is 1. The predicted octanol–water partition coefficient (Wildman–Crippen LogP) is 3.02. The molecule has 0 aliphatic carbocycles. The lowest BCUT2D eigenvalue weighted by Gasteiger charge is -2.37. The van der Waals surface area contributed by atoms with Crippen LogP contribution in [0.25, 0.3) is 0 Å². The molecular formula is C19H24N4O5. The largest absolute Gasteiger partial charge is 0.444 e. The van der Waals surface area contributed by atoms with E-state index in [1.54, 1.807) is 4.90 Å². The van der Waals surface area contributed by atoms with Gasteiger partial charge in [-0.25, -0.2) is 4.79 Å². The van der Waals surface area contributed by atoms with Crippen LogP contribution < -0.4 is 0 Å². The first-order chi connectivity index (χ1) is 13.2. The molecule has 1 fully saturated rings. The molecular weight excluding hydrogens is 364 g/mol. The van der Waals surface area contributed by atoms with Crippen LogP contribution in [0.5, 0.6) is 0 Å². The van der Waals surface area contributed by atoms with E-state index in [0.29, 0.717) is 19.7 Å². The van der Waals surface area contributed by atoms with E-state index >= 15 is 0 Å². The molecule has 2 aromatic rings. The molecule has 0 N–H and O–H groups in total. The summed E-state index contributed by atoms with van der Waals surface area (Å²) in [6, 6.07) is 9.06. The number of hydrogen-bond donors (Lipinski definition) is 0. The number of carbonyl (C=O) groups excluding carboxylic acids is 1. The normalized spacial score (nSPS) is 18.5. The second-order valence-corrected chi connectivity index (χ2v) is 7.63. The molecule has 1 saturated heterocycles. The van der Waals surface area contributed by atoms with Crippen LogP contribution in [0.15, 0.2) is 42.7 Å². The molecule has 1 unspecified atom stereocenters. The Kier molecular flexibility index (Phi) is 5.64. The fourth-order valence-corrected chi connectivity index (χ4v) is 3.12. The highest BCUT2D eigenvalue weighted by molar-refractivity contribution is 5.68. The Hall–Kier alpha value is -2.94. The van der Waals surface area contributed by atoms with Crippen molar-refractivity contribution < 1.29 is 19.2 Å². The number of amides is 1. The molecule has 1 aliphatic heterocycles. The molecule has 2 heterocycles. The van der Waals surface area contributed by atoms with Crippen molar-refractivity contribution in [3.63, 3.8) is 0 Å². The fourth-order valence-electron chi connectivity index (χ4n) is 3.12. The molecule has 0 saturated carbocycles. The maximum atomic E-state index is 12.5. The van der Waals surface area contributed by atoms with Crippen LogP contribution in [0.1, 0.15) is 32.4 Å². The van der Waals surface area contributed by atoms with E-state index in [1.165, 1.54) is 17.1 Å². The Morgan fingerprint density at radius 1 is 1.36 bits per heavy atom. The molecule has 2 atom stereocenters. The highest BCUT2D eigenvalue weighted by Gasteiger charge is 2.35. The minimum absolute atomic E-state index is 0.0965. The van der Waals surface area contributed by atoms with E-state index < -0.39 is 28.8 Å². The Balaban J connectivity index is 1.87. The summed E-state index contributed by atoms with van der Waals surface area (Å²) in [7, 11) is 0. The van der Waals surface area contributed by atoms with Gasteiger partial charge in [-0.05, 0) is 26.3 Å². The maximum Gasteiger partial charge on any atom is 0.410 e. The molecule has 9 heteroatoms. The van der Waals surface area contributed by atoms with Crippen molar-refractivity contribution in [1.82, 2.24) is 14.7 Å². The summed E-state index contributed by atoms with van der Waals surface area (Å²) in [6.45, 7) is 6.51. The molecule has 1 aromatic carbocycles. The lowest BCUT2D eigenvalue weighted by atomic mass is 10.00. The zero-order valence-corrected chi connectivity index (χ0v) is 16.1. The molecule has 1 amide bonds. The van der Waals surface area contributed by atoms with Gasteiger partial charge in [-0.1, -0.05) is 30.3 Å². The third-order valence-electron chi connectivity index (χ3n) is 4.32. The summed E-state index contributed by atoms with van der Waals surface area (Å²) >= 11 is 0. The number of nitro groups is 1. The summed E-state index contributed by atoms with van der Waals surface area (Å²) < 4.78 is 12.9. The lowest BCUT2D eigenvalue weighted by molar-refractivity contribution is -0.385. The molecule has 0 bridgehead atoms. The highest BCUT2D eigenvalue weighted by Crippen LogP contribution is 2.28. The zero-order chi connectivity index (χ0) is 20.3. The molecule has 9 nitrogen and oxygen atoms in total. The SMILES string of the molecule is CC(C)(C)OC(=O)N1CCO[C@H](C(c2ccccc2)n2cc([N+](=O)[O-])cn2)C1. The molecule has 150 valence electrons. The summed E-state index contributed by atoms with van der Waals surface area (Å²) in [4.78, 5) is 24.7. The quantitative estimate of drug-likeness (QED) is 0.590. The number of aromatic nitrogens is 2. The molecule has 0 spiro atoms. The first-order valence-electron chi connectivity index (χ1n) is 9.07. The van der Waals surface area contributed by atoms with Gasteiger partial charge in [-0.3, -0.25) is 14.8 Å². The van der Waals surface area contributed by atoms with Crippen LogP contribution in [0, 0.1) is 10.1 Å². The van der Waals surface area contributed by atoms with Gasteiger partial charge in [-0.2, -0.15) is 5.10 Å². The van der Waals surface area contributed by atoms with Crippen LogP contribution in [-0.2, 0) is 9.47 Å². The van der Waals surface area contributed by atoms with Gasteiger partial charge < -0.3 is 14.4 Å². The van der Waals surface area contributed by atoms with Crippen molar-refractivity contribution in [2.75, 3.05) is 19.7 Å². The smallest absolute Gasteiger partial charge is 0.410 e. The van der Waals surface area contributed by atoms with Crippen molar-refractivity contribution in [3.05, 3.63) is 58.4 Å². The standard InChI is InChI=1S/C19H24N4O5/c1-19(2,3)28-18(24)21-9-10-27-16(13-21)17(14-7-5-4-6-8-14)22-12-15(11-20-22)23(25)26/h4-8,11-12,16-17H,9-10,13H2,1-3H3/t16-,17?/m0/s1. The summed E-state index contributed by atoms with van der Waals surface area (Å²) in [6.07, 6.45) is 1.76. The molecule has 1 aliphatic rings. The third kappa shape index (κ3) is 4.66. The molecule has 0 radical (unpaired) electrons. The van der Waals surface area contributed by atoms with Crippen LogP contribution in [-0.4, -0.2) is 57.1 Å². The predicted molar refractivity (Wildman–Crippen MR) is 101 cm³/mol. The van der Waals surface area contributed by atoms with Crippen molar-refractivity contribution >= 4 is 11.8 Å². The van der Waals surface area contributed by atoms with Crippen molar-refractivity contribution in [1.29, 1.82) is 0 Å². The lowest BCUT2D eigenvalue weighted by Crippen LogP contribution is -2.50. The highest BCUT2D eigenvalue weighted by atomic mass is 16.6.